The minimum Gasteiger partial charge on any atom is -0.344 e. The maximum absolute atomic E-state index is 13.9. The summed E-state index contributed by atoms with van der Waals surface area (Å²) in [4.78, 5) is 31.4. The predicted octanol–water partition coefficient (Wildman–Crippen LogP) is 4.26. The van der Waals surface area contributed by atoms with Gasteiger partial charge in [0.1, 0.15) is 6.04 Å². The lowest BCUT2D eigenvalue weighted by atomic mass is 9.82. The first-order valence-electron chi connectivity index (χ1n) is 13.4. The van der Waals surface area contributed by atoms with Crippen molar-refractivity contribution in [3.8, 4) is 0 Å². The van der Waals surface area contributed by atoms with E-state index in [9.17, 15) is 9.59 Å². The number of amides is 2. The maximum atomic E-state index is 13.9. The Morgan fingerprint density at radius 3 is 2.48 bits per heavy atom. The molecule has 33 heavy (non-hydrogen) atoms. The van der Waals surface area contributed by atoms with E-state index < -0.39 is 0 Å². The van der Waals surface area contributed by atoms with E-state index >= 15 is 0 Å². The molecule has 0 bridgehead atoms. The van der Waals surface area contributed by atoms with Gasteiger partial charge < -0.3 is 15.1 Å². The SMILES string of the molecule is CC[C@@H](C)C(=O)N[C@H](C(=O)N1CC[C@H]2CCN(CCc3ccccc3)C[C@H]21)C1CCCCC1. The van der Waals surface area contributed by atoms with Crippen LogP contribution in [0.25, 0.3) is 0 Å². The molecule has 0 spiro atoms. The third-order valence-electron chi connectivity index (χ3n) is 8.53. The number of carbonyl (C=O) groups is 2. The van der Waals surface area contributed by atoms with Crippen molar-refractivity contribution in [3.05, 3.63) is 35.9 Å². The lowest BCUT2D eigenvalue weighted by molar-refractivity contribution is -0.141. The van der Waals surface area contributed by atoms with Gasteiger partial charge in [-0.25, -0.2) is 0 Å². The van der Waals surface area contributed by atoms with Gasteiger partial charge in [0.05, 0.1) is 0 Å². The molecule has 1 aromatic rings. The molecule has 4 atom stereocenters. The summed E-state index contributed by atoms with van der Waals surface area (Å²) in [6.07, 6.45) is 9.87. The van der Waals surface area contributed by atoms with Gasteiger partial charge in [0, 0.05) is 31.6 Å². The number of hydrogen-bond donors (Lipinski definition) is 1. The number of rotatable bonds is 8. The molecule has 5 heteroatoms. The second-order valence-electron chi connectivity index (χ2n) is 10.7. The number of carbonyl (C=O) groups excluding carboxylic acids is 2. The van der Waals surface area contributed by atoms with Gasteiger partial charge >= 0.3 is 0 Å². The Bertz CT molecular complexity index is 777. The zero-order valence-electron chi connectivity index (χ0n) is 20.7. The van der Waals surface area contributed by atoms with E-state index in [4.69, 9.17) is 0 Å². The van der Waals surface area contributed by atoms with Crippen molar-refractivity contribution in [2.45, 2.75) is 83.7 Å². The van der Waals surface area contributed by atoms with Gasteiger partial charge in [0.15, 0.2) is 0 Å². The Hall–Kier alpha value is -1.88. The molecule has 2 aliphatic heterocycles. The van der Waals surface area contributed by atoms with Crippen molar-refractivity contribution >= 4 is 11.8 Å². The first-order chi connectivity index (χ1) is 16.1. The van der Waals surface area contributed by atoms with Crippen molar-refractivity contribution in [1.29, 1.82) is 0 Å². The molecular weight excluding hydrogens is 410 g/mol. The molecule has 1 aliphatic carbocycles. The smallest absolute Gasteiger partial charge is 0.245 e. The first-order valence-corrected chi connectivity index (χ1v) is 13.4. The van der Waals surface area contributed by atoms with Crippen LogP contribution in [0.2, 0.25) is 0 Å². The Balaban J connectivity index is 1.42. The predicted molar refractivity (Wildman–Crippen MR) is 133 cm³/mol. The van der Waals surface area contributed by atoms with Crippen molar-refractivity contribution in [1.82, 2.24) is 15.1 Å². The molecule has 1 N–H and O–H groups in total. The summed E-state index contributed by atoms with van der Waals surface area (Å²) in [6, 6.07) is 10.6. The van der Waals surface area contributed by atoms with Crippen LogP contribution in [0.1, 0.15) is 70.8 Å². The van der Waals surface area contributed by atoms with E-state index in [1.807, 2.05) is 13.8 Å². The molecule has 3 aliphatic rings. The van der Waals surface area contributed by atoms with Crippen molar-refractivity contribution in [2.75, 3.05) is 26.2 Å². The fourth-order valence-corrected chi connectivity index (χ4v) is 6.12. The van der Waals surface area contributed by atoms with Crippen molar-refractivity contribution in [3.63, 3.8) is 0 Å². The van der Waals surface area contributed by atoms with Gasteiger partial charge in [-0.3, -0.25) is 9.59 Å². The summed E-state index contributed by atoms with van der Waals surface area (Å²) in [7, 11) is 0. The molecule has 0 aromatic heterocycles. The third-order valence-corrected chi connectivity index (χ3v) is 8.53. The summed E-state index contributed by atoms with van der Waals surface area (Å²) < 4.78 is 0. The molecule has 2 saturated heterocycles. The van der Waals surface area contributed by atoms with E-state index in [0.29, 0.717) is 12.0 Å². The van der Waals surface area contributed by atoms with Gasteiger partial charge in [-0.1, -0.05) is 63.4 Å². The maximum Gasteiger partial charge on any atom is 0.245 e. The fraction of sp³-hybridized carbons (Fsp3) is 0.714. The normalized spacial score (nSPS) is 25.9. The Morgan fingerprint density at radius 2 is 1.76 bits per heavy atom. The second kappa shape index (κ2) is 11.5. The minimum atomic E-state index is -0.342. The van der Waals surface area contributed by atoms with Crippen LogP contribution < -0.4 is 5.32 Å². The van der Waals surface area contributed by atoms with E-state index in [0.717, 1.165) is 58.3 Å². The van der Waals surface area contributed by atoms with Crippen LogP contribution in [-0.2, 0) is 16.0 Å². The van der Waals surface area contributed by atoms with E-state index in [1.54, 1.807) is 0 Å². The van der Waals surface area contributed by atoms with E-state index in [2.05, 4.69) is 45.4 Å². The zero-order chi connectivity index (χ0) is 23.2. The number of hydrogen-bond acceptors (Lipinski definition) is 3. The molecule has 0 radical (unpaired) electrons. The molecular formula is C28H43N3O2. The van der Waals surface area contributed by atoms with Gasteiger partial charge in [-0.15, -0.1) is 0 Å². The summed E-state index contributed by atoms with van der Waals surface area (Å²) in [5, 5.41) is 3.22. The molecule has 0 unspecified atom stereocenters. The van der Waals surface area contributed by atoms with Crippen LogP contribution in [0, 0.1) is 17.8 Å². The third kappa shape index (κ3) is 5.98. The van der Waals surface area contributed by atoms with Gasteiger partial charge in [0.25, 0.3) is 0 Å². The molecule has 2 amide bonds. The van der Waals surface area contributed by atoms with Crippen LogP contribution in [-0.4, -0.2) is 59.9 Å². The van der Waals surface area contributed by atoms with Gasteiger partial charge in [0.2, 0.25) is 11.8 Å². The highest BCUT2D eigenvalue weighted by molar-refractivity contribution is 5.89. The summed E-state index contributed by atoms with van der Waals surface area (Å²) >= 11 is 0. The first kappa shape index (κ1) is 24.3. The van der Waals surface area contributed by atoms with Crippen LogP contribution in [0.15, 0.2) is 30.3 Å². The van der Waals surface area contributed by atoms with Crippen molar-refractivity contribution < 1.29 is 9.59 Å². The summed E-state index contributed by atoms with van der Waals surface area (Å²) in [5.41, 5.74) is 1.38. The highest BCUT2D eigenvalue weighted by Crippen LogP contribution is 2.34. The Labute approximate surface area is 200 Å². The average Bonchev–Trinajstić information content (AvgIpc) is 3.29. The van der Waals surface area contributed by atoms with Crippen molar-refractivity contribution in [2.24, 2.45) is 17.8 Å². The Kier molecular flexibility index (Phi) is 8.45. The summed E-state index contributed by atoms with van der Waals surface area (Å²) in [5.74, 6) is 1.09. The number of benzene rings is 1. The monoisotopic (exact) mass is 453 g/mol. The van der Waals surface area contributed by atoms with Crippen LogP contribution in [0.4, 0.5) is 0 Å². The molecule has 2 heterocycles. The quantitative estimate of drug-likeness (QED) is 0.640. The fourth-order valence-electron chi connectivity index (χ4n) is 6.12. The van der Waals surface area contributed by atoms with Gasteiger partial charge in [-0.05, 0) is 62.5 Å². The van der Waals surface area contributed by atoms with Crippen LogP contribution >= 0.6 is 0 Å². The number of likely N-dealkylation sites (tertiary alicyclic amines) is 2. The van der Waals surface area contributed by atoms with Crippen LogP contribution in [0.5, 0.6) is 0 Å². The van der Waals surface area contributed by atoms with Gasteiger partial charge in [-0.2, -0.15) is 0 Å². The standard InChI is InChI=1S/C28H43N3O2/c1-3-21(2)27(32)29-26(24-12-8-5-9-13-24)28(33)31-19-16-23-15-18-30(20-25(23)31)17-14-22-10-6-4-7-11-22/h4,6-7,10-11,21,23-26H,3,5,8-9,12-20H2,1-2H3,(H,29,32)/t21-,23-,25-,26+/m1/s1. The molecule has 1 saturated carbocycles. The lowest BCUT2D eigenvalue weighted by Crippen LogP contribution is -2.57. The average molecular weight is 454 g/mol. The van der Waals surface area contributed by atoms with E-state index in [1.165, 1.54) is 31.2 Å². The molecule has 1 aromatic carbocycles. The second-order valence-corrected chi connectivity index (χ2v) is 10.7. The minimum absolute atomic E-state index is 0.0432. The summed E-state index contributed by atoms with van der Waals surface area (Å²) in [6.45, 7) is 8.01. The number of nitrogens with zero attached hydrogens (tertiary/aromatic N) is 2. The van der Waals surface area contributed by atoms with E-state index in [-0.39, 0.29) is 29.7 Å². The highest BCUT2D eigenvalue weighted by Gasteiger charge is 2.44. The van der Waals surface area contributed by atoms with Crippen LogP contribution in [0.3, 0.4) is 0 Å². The molecule has 182 valence electrons. The topological polar surface area (TPSA) is 52.7 Å². The lowest BCUT2D eigenvalue weighted by Gasteiger charge is -2.41. The zero-order valence-corrected chi connectivity index (χ0v) is 20.7. The molecule has 3 fully saturated rings. The number of piperidine rings is 1. The number of fused-ring (bicyclic) bond motifs is 1. The molecule has 4 rings (SSSR count). The number of nitrogens with one attached hydrogen (secondary N) is 1. The highest BCUT2D eigenvalue weighted by atomic mass is 16.2. The Morgan fingerprint density at radius 1 is 1.03 bits per heavy atom. The largest absolute Gasteiger partial charge is 0.344 e. The molecule has 5 nitrogen and oxygen atoms in total.